The van der Waals surface area contributed by atoms with Crippen molar-refractivity contribution in [3.63, 3.8) is 0 Å². The first-order chi connectivity index (χ1) is 9.74. The average Bonchev–Trinajstić information content (AvgIpc) is 2.48. The zero-order chi connectivity index (χ0) is 14.4. The van der Waals surface area contributed by atoms with E-state index in [2.05, 4.69) is 37.3 Å². The number of benzene rings is 2. The molecule has 0 amide bonds. The van der Waals surface area contributed by atoms with Gasteiger partial charge in [-0.05, 0) is 37.5 Å². The summed E-state index contributed by atoms with van der Waals surface area (Å²) in [6, 6.07) is 16.4. The van der Waals surface area contributed by atoms with Crippen molar-refractivity contribution >= 4 is 0 Å². The molecule has 0 aliphatic rings. The van der Waals surface area contributed by atoms with Crippen molar-refractivity contribution in [3.8, 4) is 5.75 Å². The summed E-state index contributed by atoms with van der Waals surface area (Å²) >= 11 is 0. The Hall–Kier alpha value is -1.80. The SMILES string of the molecule is CCOc1ccccc1CC(CO)c1ccc(C)cc1. The summed E-state index contributed by atoms with van der Waals surface area (Å²) in [5.74, 6) is 1.03. The highest BCUT2D eigenvalue weighted by Gasteiger charge is 2.14. The van der Waals surface area contributed by atoms with Gasteiger partial charge in [0.05, 0.1) is 13.2 Å². The summed E-state index contributed by atoms with van der Waals surface area (Å²) in [7, 11) is 0. The van der Waals surface area contributed by atoms with E-state index in [-0.39, 0.29) is 12.5 Å². The molecule has 0 saturated carbocycles. The molecular weight excluding hydrogens is 248 g/mol. The zero-order valence-electron chi connectivity index (χ0n) is 12.2. The van der Waals surface area contributed by atoms with Gasteiger partial charge in [0.2, 0.25) is 0 Å². The van der Waals surface area contributed by atoms with Crippen LogP contribution in [0, 0.1) is 6.92 Å². The van der Waals surface area contributed by atoms with E-state index in [1.807, 2.05) is 25.1 Å². The van der Waals surface area contributed by atoms with Crippen LogP contribution < -0.4 is 4.74 Å². The first kappa shape index (κ1) is 14.6. The molecule has 0 heterocycles. The lowest BCUT2D eigenvalue weighted by Crippen LogP contribution is -2.09. The van der Waals surface area contributed by atoms with Gasteiger partial charge < -0.3 is 9.84 Å². The van der Waals surface area contributed by atoms with E-state index >= 15 is 0 Å². The minimum absolute atomic E-state index is 0.109. The Morgan fingerprint density at radius 1 is 1.05 bits per heavy atom. The van der Waals surface area contributed by atoms with Crippen LogP contribution in [-0.4, -0.2) is 18.3 Å². The van der Waals surface area contributed by atoms with Gasteiger partial charge in [-0.2, -0.15) is 0 Å². The highest BCUT2D eigenvalue weighted by Crippen LogP contribution is 2.26. The maximum Gasteiger partial charge on any atom is 0.122 e. The quantitative estimate of drug-likeness (QED) is 0.867. The molecule has 1 atom stereocenters. The van der Waals surface area contributed by atoms with Crippen LogP contribution in [0.3, 0.4) is 0 Å². The number of aliphatic hydroxyl groups excluding tert-OH is 1. The average molecular weight is 270 g/mol. The Balaban J connectivity index is 2.20. The second kappa shape index (κ2) is 7.11. The smallest absolute Gasteiger partial charge is 0.122 e. The standard InChI is InChI=1S/C18H22O2/c1-3-20-18-7-5-4-6-16(18)12-17(13-19)15-10-8-14(2)9-11-15/h4-11,17,19H,3,12-13H2,1-2H3. The number of aliphatic hydroxyl groups is 1. The molecule has 106 valence electrons. The summed E-state index contributed by atoms with van der Waals surface area (Å²) in [4.78, 5) is 0. The summed E-state index contributed by atoms with van der Waals surface area (Å²) in [5, 5.41) is 9.69. The van der Waals surface area contributed by atoms with E-state index in [0.717, 1.165) is 17.7 Å². The molecule has 0 bridgehead atoms. The van der Waals surface area contributed by atoms with Crippen LogP contribution in [0.15, 0.2) is 48.5 Å². The summed E-state index contributed by atoms with van der Waals surface area (Å²) in [6.45, 7) is 4.86. The van der Waals surface area contributed by atoms with Crippen molar-refractivity contribution in [2.75, 3.05) is 13.2 Å². The molecule has 2 aromatic rings. The van der Waals surface area contributed by atoms with E-state index in [1.54, 1.807) is 0 Å². The maximum atomic E-state index is 9.69. The van der Waals surface area contributed by atoms with Crippen molar-refractivity contribution in [2.45, 2.75) is 26.2 Å². The Morgan fingerprint density at radius 2 is 1.75 bits per heavy atom. The molecule has 20 heavy (non-hydrogen) atoms. The van der Waals surface area contributed by atoms with Crippen LogP contribution in [0.4, 0.5) is 0 Å². The minimum atomic E-state index is 0.109. The van der Waals surface area contributed by atoms with Gasteiger partial charge in [-0.1, -0.05) is 48.0 Å². The van der Waals surface area contributed by atoms with Gasteiger partial charge in [-0.15, -0.1) is 0 Å². The third-order valence-corrected chi connectivity index (χ3v) is 3.51. The third-order valence-electron chi connectivity index (χ3n) is 3.51. The van der Waals surface area contributed by atoms with Crippen LogP contribution in [-0.2, 0) is 6.42 Å². The first-order valence-corrected chi connectivity index (χ1v) is 7.12. The van der Waals surface area contributed by atoms with Crippen LogP contribution in [0.5, 0.6) is 5.75 Å². The van der Waals surface area contributed by atoms with Gasteiger partial charge in [0.25, 0.3) is 0 Å². The Kier molecular flexibility index (Phi) is 5.19. The van der Waals surface area contributed by atoms with Gasteiger partial charge >= 0.3 is 0 Å². The van der Waals surface area contributed by atoms with Crippen LogP contribution in [0.2, 0.25) is 0 Å². The minimum Gasteiger partial charge on any atom is -0.494 e. The maximum absolute atomic E-state index is 9.69. The van der Waals surface area contributed by atoms with E-state index in [0.29, 0.717) is 6.61 Å². The fourth-order valence-electron chi connectivity index (χ4n) is 2.36. The van der Waals surface area contributed by atoms with E-state index in [4.69, 9.17) is 4.74 Å². The molecule has 2 nitrogen and oxygen atoms in total. The van der Waals surface area contributed by atoms with E-state index < -0.39 is 0 Å². The van der Waals surface area contributed by atoms with Crippen molar-refractivity contribution in [1.29, 1.82) is 0 Å². The molecule has 0 aromatic heterocycles. The predicted octanol–water partition coefficient (Wildman–Crippen LogP) is 3.71. The van der Waals surface area contributed by atoms with Crippen molar-refractivity contribution in [1.82, 2.24) is 0 Å². The highest BCUT2D eigenvalue weighted by molar-refractivity contribution is 5.36. The van der Waals surface area contributed by atoms with Crippen LogP contribution in [0.25, 0.3) is 0 Å². The second-order valence-corrected chi connectivity index (χ2v) is 5.04. The molecule has 2 heteroatoms. The lowest BCUT2D eigenvalue weighted by molar-refractivity contribution is 0.262. The summed E-state index contributed by atoms with van der Waals surface area (Å²) in [5.41, 5.74) is 3.55. The second-order valence-electron chi connectivity index (χ2n) is 5.04. The Bertz CT molecular complexity index is 531. The van der Waals surface area contributed by atoms with Crippen molar-refractivity contribution in [3.05, 3.63) is 65.2 Å². The Morgan fingerprint density at radius 3 is 2.40 bits per heavy atom. The third kappa shape index (κ3) is 3.61. The van der Waals surface area contributed by atoms with Gasteiger partial charge in [0, 0.05) is 5.92 Å². The van der Waals surface area contributed by atoms with Gasteiger partial charge in [0.1, 0.15) is 5.75 Å². The number of aryl methyl sites for hydroxylation is 1. The van der Waals surface area contributed by atoms with Crippen molar-refractivity contribution < 1.29 is 9.84 Å². The van der Waals surface area contributed by atoms with Gasteiger partial charge in [0.15, 0.2) is 0 Å². The lowest BCUT2D eigenvalue weighted by atomic mass is 9.92. The molecule has 0 fully saturated rings. The topological polar surface area (TPSA) is 29.5 Å². The number of para-hydroxylation sites is 1. The number of rotatable bonds is 6. The zero-order valence-corrected chi connectivity index (χ0v) is 12.2. The predicted molar refractivity (Wildman–Crippen MR) is 82.3 cm³/mol. The summed E-state index contributed by atoms with van der Waals surface area (Å²) < 4.78 is 5.66. The number of hydrogen-bond acceptors (Lipinski definition) is 2. The fraction of sp³-hybridized carbons (Fsp3) is 0.333. The molecule has 0 aliphatic carbocycles. The molecule has 0 radical (unpaired) electrons. The van der Waals surface area contributed by atoms with Crippen LogP contribution >= 0.6 is 0 Å². The lowest BCUT2D eigenvalue weighted by Gasteiger charge is -2.17. The van der Waals surface area contributed by atoms with E-state index in [9.17, 15) is 5.11 Å². The summed E-state index contributed by atoms with van der Waals surface area (Å²) in [6.07, 6.45) is 0.787. The van der Waals surface area contributed by atoms with Crippen LogP contribution in [0.1, 0.15) is 29.5 Å². The molecule has 0 aliphatic heterocycles. The normalized spacial score (nSPS) is 12.2. The Labute approximate surface area is 121 Å². The molecule has 0 spiro atoms. The van der Waals surface area contributed by atoms with Gasteiger partial charge in [-0.25, -0.2) is 0 Å². The molecular formula is C18H22O2. The molecule has 1 unspecified atom stereocenters. The van der Waals surface area contributed by atoms with Crippen molar-refractivity contribution in [2.24, 2.45) is 0 Å². The number of ether oxygens (including phenoxy) is 1. The first-order valence-electron chi connectivity index (χ1n) is 7.12. The van der Waals surface area contributed by atoms with Gasteiger partial charge in [-0.3, -0.25) is 0 Å². The molecule has 0 saturated heterocycles. The fourth-order valence-corrected chi connectivity index (χ4v) is 2.36. The molecule has 2 rings (SSSR count). The molecule has 1 N–H and O–H groups in total. The monoisotopic (exact) mass is 270 g/mol. The molecule has 2 aromatic carbocycles. The van der Waals surface area contributed by atoms with E-state index in [1.165, 1.54) is 11.1 Å². The highest BCUT2D eigenvalue weighted by atomic mass is 16.5. The largest absolute Gasteiger partial charge is 0.494 e. The number of hydrogen-bond donors (Lipinski definition) is 1.